The van der Waals surface area contributed by atoms with E-state index in [4.69, 9.17) is 0 Å². The van der Waals surface area contributed by atoms with Gasteiger partial charge < -0.3 is 5.32 Å². The maximum absolute atomic E-state index is 13.1. The molecule has 1 amide bonds. The Kier molecular flexibility index (Phi) is 4.63. The van der Waals surface area contributed by atoms with Crippen LogP contribution in [-0.2, 0) is 17.5 Å². The number of amides is 1. The van der Waals surface area contributed by atoms with E-state index in [-0.39, 0.29) is 25.9 Å². The molecule has 1 aliphatic carbocycles. The monoisotopic (exact) mass is 343 g/mol. The number of nitrogens with zero attached hydrogens (tertiary/aromatic N) is 2. The first-order valence-corrected chi connectivity index (χ1v) is 7.02. The van der Waals surface area contributed by atoms with Crippen LogP contribution in [0.5, 0.6) is 0 Å². The van der Waals surface area contributed by atoms with Crippen molar-refractivity contribution in [3.63, 3.8) is 0 Å². The van der Waals surface area contributed by atoms with Gasteiger partial charge in [-0.05, 0) is 18.9 Å². The molecule has 0 saturated heterocycles. The van der Waals surface area contributed by atoms with Crippen LogP contribution in [-0.4, -0.2) is 28.4 Å². The molecule has 0 aliphatic heterocycles. The van der Waals surface area contributed by atoms with E-state index < -0.39 is 29.4 Å². The third kappa shape index (κ3) is 3.61. The zero-order valence-electron chi connectivity index (χ0n) is 12.0. The average molecular weight is 343 g/mol. The first-order valence-electron chi connectivity index (χ1n) is 7.02. The zero-order chi connectivity index (χ0) is 17.3. The first-order chi connectivity index (χ1) is 10.6. The van der Waals surface area contributed by atoms with Gasteiger partial charge in [0, 0.05) is 12.7 Å². The van der Waals surface area contributed by atoms with Crippen LogP contribution in [0, 0.1) is 5.41 Å². The lowest BCUT2D eigenvalue weighted by molar-refractivity contribution is -0.220. The van der Waals surface area contributed by atoms with E-state index in [0.29, 0.717) is 12.8 Å². The van der Waals surface area contributed by atoms with Crippen LogP contribution in [0.25, 0.3) is 0 Å². The van der Waals surface area contributed by atoms with Crippen LogP contribution in [0.4, 0.5) is 26.3 Å². The molecule has 4 nitrogen and oxygen atoms in total. The molecule has 1 heterocycles. The van der Waals surface area contributed by atoms with Gasteiger partial charge in [-0.3, -0.25) is 9.48 Å². The van der Waals surface area contributed by atoms with Crippen molar-refractivity contribution in [3.8, 4) is 0 Å². The van der Waals surface area contributed by atoms with E-state index in [9.17, 15) is 31.1 Å². The minimum Gasteiger partial charge on any atom is -0.353 e. The lowest BCUT2D eigenvalue weighted by atomic mass is 9.84. The summed E-state index contributed by atoms with van der Waals surface area (Å²) in [6.07, 6.45) is -8.04. The summed E-state index contributed by atoms with van der Waals surface area (Å²) in [5, 5.41) is 5.43. The molecule has 1 saturated carbocycles. The second-order valence-electron chi connectivity index (χ2n) is 5.50. The number of hydrogen-bond donors (Lipinski definition) is 1. The molecule has 23 heavy (non-hydrogen) atoms. The van der Waals surface area contributed by atoms with Crippen LogP contribution in [0.1, 0.15) is 31.4 Å². The largest absolute Gasteiger partial charge is 0.435 e. The topological polar surface area (TPSA) is 46.9 Å². The third-order valence-corrected chi connectivity index (χ3v) is 3.99. The number of carbonyl (C=O) groups is 1. The van der Waals surface area contributed by atoms with Gasteiger partial charge in [-0.15, -0.1) is 0 Å². The van der Waals surface area contributed by atoms with Crippen molar-refractivity contribution < 1.29 is 31.1 Å². The second kappa shape index (κ2) is 6.04. The molecule has 130 valence electrons. The van der Waals surface area contributed by atoms with Gasteiger partial charge in [0.2, 0.25) is 5.91 Å². The Bertz CT molecular complexity index is 557. The van der Waals surface area contributed by atoms with Crippen molar-refractivity contribution in [1.82, 2.24) is 15.1 Å². The number of carbonyl (C=O) groups excluding carboxylic acids is 1. The van der Waals surface area contributed by atoms with Gasteiger partial charge in [-0.2, -0.15) is 31.4 Å². The van der Waals surface area contributed by atoms with Gasteiger partial charge in [-0.1, -0.05) is 12.8 Å². The molecule has 0 radical (unpaired) electrons. The number of rotatable bonds is 4. The smallest absolute Gasteiger partial charge is 0.353 e. The molecule has 0 aromatic carbocycles. The Morgan fingerprint density at radius 3 is 2.30 bits per heavy atom. The fourth-order valence-corrected chi connectivity index (χ4v) is 2.71. The van der Waals surface area contributed by atoms with Crippen molar-refractivity contribution in [2.45, 2.75) is 44.6 Å². The van der Waals surface area contributed by atoms with E-state index in [1.165, 1.54) is 0 Å². The number of nitrogens with one attached hydrogen (secondary N) is 1. The van der Waals surface area contributed by atoms with E-state index in [1.807, 2.05) is 0 Å². The van der Waals surface area contributed by atoms with E-state index in [0.717, 1.165) is 16.9 Å². The summed E-state index contributed by atoms with van der Waals surface area (Å²) in [6, 6.07) is 0.760. The highest BCUT2D eigenvalue weighted by Gasteiger charge is 2.60. The molecule has 0 spiro atoms. The van der Waals surface area contributed by atoms with Gasteiger partial charge in [-0.25, -0.2) is 0 Å². The molecule has 0 unspecified atom stereocenters. The number of halogens is 6. The van der Waals surface area contributed by atoms with Crippen LogP contribution in [0.3, 0.4) is 0 Å². The zero-order valence-corrected chi connectivity index (χ0v) is 12.0. The fraction of sp³-hybridized carbons (Fsp3) is 0.692. The summed E-state index contributed by atoms with van der Waals surface area (Å²) in [5.41, 5.74) is -3.47. The maximum atomic E-state index is 13.1. The quantitative estimate of drug-likeness (QED) is 0.854. The second-order valence-corrected chi connectivity index (χ2v) is 5.50. The van der Waals surface area contributed by atoms with Crippen LogP contribution in [0.15, 0.2) is 12.3 Å². The highest BCUT2D eigenvalue weighted by molar-refractivity contribution is 5.83. The summed E-state index contributed by atoms with van der Waals surface area (Å²) in [7, 11) is 0. The summed E-state index contributed by atoms with van der Waals surface area (Å²) >= 11 is 0. The van der Waals surface area contributed by atoms with Crippen molar-refractivity contribution in [3.05, 3.63) is 18.0 Å². The van der Waals surface area contributed by atoms with Gasteiger partial charge in [0.25, 0.3) is 0 Å². The summed E-state index contributed by atoms with van der Waals surface area (Å²) in [5.74, 6) is -1.12. The van der Waals surface area contributed by atoms with E-state index in [1.54, 1.807) is 0 Å². The average Bonchev–Trinajstić information content (AvgIpc) is 3.06. The minimum absolute atomic E-state index is 0.143. The molecule has 1 aromatic heterocycles. The van der Waals surface area contributed by atoms with E-state index in [2.05, 4.69) is 10.4 Å². The Balaban J connectivity index is 1.93. The Labute approximate surface area is 127 Å². The number of alkyl halides is 6. The van der Waals surface area contributed by atoms with Gasteiger partial charge in [0.05, 0.1) is 6.54 Å². The lowest BCUT2D eigenvalue weighted by Crippen LogP contribution is -2.49. The molecule has 10 heteroatoms. The Morgan fingerprint density at radius 2 is 1.83 bits per heavy atom. The molecular formula is C13H15F6N3O. The fourth-order valence-electron chi connectivity index (χ4n) is 2.71. The van der Waals surface area contributed by atoms with E-state index >= 15 is 0 Å². The number of aromatic nitrogens is 2. The van der Waals surface area contributed by atoms with Gasteiger partial charge in [0.1, 0.15) is 5.41 Å². The van der Waals surface area contributed by atoms with Crippen LogP contribution >= 0.6 is 0 Å². The lowest BCUT2D eigenvalue weighted by Gasteiger charge is -2.30. The predicted octanol–water partition coefficient (Wildman–Crippen LogP) is 3.14. The summed E-state index contributed by atoms with van der Waals surface area (Å²) in [6.45, 7) is -0.370. The molecule has 1 aromatic rings. The van der Waals surface area contributed by atoms with Crippen LogP contribution in [0.2, 0.25) is 0 Å². The molecule has 2 rings (SSSR count). The molecule has 1 fully saturated rings. The van der Waals surface area contributed by atoms with Crippen molar-refractivity contribution in [2.75, 3.05) is 6.54 Å². The van der Waals surface area contributed by atoms with Crippen molar-refractivity contribution in [1.29, 1.82) is 0 Å². The standard InChI is InChI=1S/C13H15F6N3O/c14-12(15,16)9-3-7-22(21-9)8-6-20-10(23)11(13(17,18)19)4-1-2-5-11/h3,7H,1-2,4-6,8H2,(H,20,23). The highest BCUT2D eigenvalue weighted by Crippen LogP contribution is 2.50. The summed E-state index contributed by atoms with van der Waals surface area (Å²) < 4.78 is 77.5. The minimum atomic E-state index is -4.64. The highest BCUT2D eigenvalue weighted by atomic mass is 19.4. The Morgan fingerprint density at radius 1 is 1.22 bits per heavy atom. The molecule has 1 aliphatic rings. The van der Waals surface area contributed by atoms with Crippen molar-refractivity contribution in [2.24, 2.45) is 5.41 Å². The molecular weight excluding hydrogens is 328 g/mol. The predicted molar refractivity (Wildman–Crippen MR) is 67.2 cm³/mol. The van der Waals surface area contributed by atoms with Gasteiger partial charge >= 0.3 is 12.4 Å². The van der Waals surface area contributed by atoms with Crippen LogP contribution < -0.4 is 5.32 Å². The maximum Gasteiger partial charge on any atom is 0.435 e. The summed E-state index contributed by atoms with van der Waals surface area (Å²) in [4.78, 5) is 11.9. The first kappa shape index (κ1) is 17.6. The van der Waals surface area contributed by atoms with Crippen molar-refractivity contribution >= 4 is 5.91 Å². The third-order valence-electron chi connectivity index (χ3n) is 3.99. The SMILES string of the molecule is O=C(NCCn1ccc(C(F)(F)F)n1)C1(C(F)(F)F)CCCC1. The molecule has 0 bridgehead atoms. The molecule has 1 N–H and O–H groups in total. The Hall–Kier alpha value is -1.74. The number of hydrogen-bond acceptors (Lipinski definition) is 2. The van der Waals surface area contributed by atoms with Gasteiger partial charge in [0.15, 0.2) is 5.69 Å². The normalized spacial score (nSPS) is 18.2. The molecule has 0 atom stereocenters.